The van der Waals surface area contributed by atoms with E-state index in [4.69, 9.17) is 0 Å². The summed E-state index contributed by atoms with van der Waals surface area (Å²) >= 11 is 0. The van der Waals surface area contributed by atoms with E-state index in [1.165, 1.54) is 45.2 Å². The van der Waals surface area contributed by atoms with E-state index in [2.05, 4.69) is 44.8 Å². The molecule has 0 aliphatic rings. The molecule has 2 atom stereocenters. The monoisotopic (exact) mass is 242 g/mol. The highest BCUT2D eigenvalue weighted by molar-refractivity contribution is 4.71. The second kappa shape index (κ2) is 11.0. The smallest absolute Gasteiger partial charge is 0.0192 e. The zero-order chi connectivity index (χ0) is 13.1. The lowest BCUT2D eigenvalue weighted by atomic mass is 10.2. The molecule has 0 radical (unpaired) electrons. The maximum Gasteiger partial charge on any atom is 0.0192 e. The summed E-state index contributed by atoms with van der Waals surface area (Å²) in [6.07, 6.45) is 6.48. The first-order valence-corrected chi connectivity index (χ1v) is 7.63. The van der Waals surface area contributed by atoms with Gasteiger partial charge in [0.05, 0.1) is 0 Å². The molecule has 0 spiro atoms. The van der Waals surface area contributed by atoms with Crippen molar-refractivity contribution in [2.75, 3.05) is 19.6 Å². The molecular formula is C15H34N2. The Kier molecular flexibility index (Phi) is 11.0. The molecule has 2 unspecified atom stereocenters. The molecule has 0 aromatic rings. The number of unbranched alkanes of at least 4 members (excludes halogenated alkanes) is 2. The van der Waals surface area contributed by atoms with Crippen molar-refractivity contribution in [1.82, 2.24) is 10.2 Å². The highest BCUT2D eigenvalue weighted by atomic mass is 15.2. The van der Waals surface area contributed by atoms with Gasteiger partial charge < -0.3 is 5.32 Å². The van der Waals surface area contributed by atoms with Crippen LogP contribution < -0.4 is 5.32 Å². The van der Waals surface area contributed by atoms with Gasteiger partial charge in [-0.2, -0.15) is 0 Å². The molecule has 0 heterocycles. The number of nitrogens with zero attached hydrogens (tertiary/aromatic N) is 1. The number of rotatable bonds is 11. The first-order valence-electron chi connectivity index (χ1n) is 7.63. The molecule has 0 aliphatic carbocycles. The Morgan fingerprint density at radius 2 is 1.47 bits per heavy atom. The minimum absolute atomic E-state index is 0.650. The van der Waals surface area contributed by atoms with Crippen molar-refractivity contribution in [3.63, 3.8) is 0 Å². The van der Waals surface area contributed by atoms with Crippen LogP contribution in [0.15, 0.2) is 0 Å². The molecule has 104 valence electrons. The molecule has 17 heavy (non-hydrogen) atoms. The Morgan fingerprint density at radius 3 is 1.88 bits per heavy atom. The number of hydrogen-bond acceptors (Lipinski definition) is 2. The van der Waals surface area contributed by atoms with E-state index >= 15 is 0 Å². The summed E-state index contributed by atoms with van der Waals surface area (Å²) < 4.78 is 0. The zero-order valence-corrected chi connectivity index (χ0v) is 12.8. The van der Waals surface area contributed by atoms with Gasteiger partial charge in [0.2, 0.25) is 0 Å². The lowest BCUT2D eigenvalue weighted by molar-refractivity contribution is 0.195. The fraction of sp³-hybridized carbons (Fsp3) is 1.00. The van der Waals surface area contributed by atoms with Crippen LogP contribution in [0.3, 0.4) is 0 Å². The quantitative estimate of drug-likeness (QED) is 0.595. The van der Waals surface area contributed by atoms with Crippen molar-refractivity contribution in [3.8, 4) is 0 Å². The van der Waals surface area contributed by atoms with E-state index in [1.807, 2.05) is 0 Å². The predicted molar refractivity (Wildman–Crippen MR) is 78.6 cm³/mol. The average Bonchev–Trinajstić information content (AvgIpc) is 2.35. The van der Waals surface area contributed by atoms with Crippen LogP contribution in [0.2, 0.25) is 0 Å². The predicted octanol–water partition coefficient (Wildman–Crippen LogP) is 3.67. The van der Waals surface area contributed by atoms with Crippen molar-refractivity contribution in [3.05, 3.63) is 0 Å². The van der Waals surface area contributed by atoms with Crippen molar-refractivity contribution in [2.24, 2.45) is 0 Å². The summed E-state index contributed by atoms with van der Waals surface area (Å²) in [5.74, 6) is 0. The van der Waals surface area contributed by atoms with E-state index in [0.29, 0.717) is 12.1 Å². The first-order chi connectivity index (χ1) is 8.15. The van der Waals surface area contributed by atoms with Crippen LogP contribution in [0.5, 0.6) is 0 Å². The van der Waals surface area contributed by atoms with Gasteiger partial charge in [-0.3, -0.25) is 4.90 Å². The zero-order valence-electron chi connectivity index (χ0n) is 12.8. The Balaban J connectivity index is 3.96. The first kappa shape index (κ1) is 16.9. The summed E-state index contributed by atoms with van der Waals surface area (Å²) in [5, 5.41) is 3.62. The molecule has 0 aliphatic heterocycles. The van der Waals surface area contributed by atoms with Gasteiger partial charge >= 0.3 is 0 Å². The topological polar surface area (TPSA) is 15.3 Å². The minimum Gasteiger partial charge on any atom is -0.313 e. The van der Waals surface area contributed by atoms with Crippen molar-refractivity contribution in [2.45, 2.75) is 78.8 Å². The third kappa shape index (κ3) is 8.62. The lowest BCUT2D eigenvalue weighted by Crippen LogP contribution is -2.43. The molecule has 0 aromatic carbocycles. The minimum atomic E-state index is 0.650. The maximum atomic E-state index is 3.62. The fourth-order valence-corrected chi connectivity index (χ4v) is 1.92. The summed E-state index contributed by atoms with van der Waals surface area (Å²) in [6.45, 7) is 15.1. The molecular weight excluding hydrogens is 208 g/mol. The van der Waals surface area contributed by atoms with E-state index < -0.39 is 0 Å². The largest absolute Gasteiger partial charge is 0.313 e. The summed E-state index contributed by atoms with van der Waals surface area (Å²) in [7, 11) is 0. The van der Waals surface area contributed by atoms with Gasteiger partial charge in [-0.1, -0.05) is 33.6 Å². The SMILES string of the molecule is CCCCN(CCCC)C(C)CNC(C)CC. The molecule has 0 bridgehead atoms. The average molecular weight is 242 g/mol. The third-order valence-corrected chi connectivity index (χ3v) is 3.60. The molecule has 2 nitrogen and oxygen atoms in total. The summed E-state index contributed by atoms with van der Waals surface area (Å²) in [5.41, 5.74) is 0. The Labute approximate surface area is 109 Å². The fourth-order valence-electron chi connectivity index (χ4n) is 1.92. The second-order valence-corrected chi connectivity index (χ2v) is 5.31. The van der Waals surface area contributed by atoms with Gasteiger partial charge in [-0.25, -0.2) is 0 Å². The molecule has 0 aromatic heterocycles. The molecule has 0 amide bonds. The van der Waals surface area contributed by atoms with Crippen molar-refractivity contribution < 1.29 is 0 Å². The number of hydrogen-bond donors (Lipinski definition) is 1. The molecule has 0 rings (SSSR count). The Morgan fingerprint density at radius 1 is 0.941 bits per heavy atom. The third-order valence-electron chi connectivity index (χ3n) is 3.60. The van der Waals surface area contributed by atoms with Gasteiger partial charge in [0, 0.05) is 18.6 Å². The molecule has 2 heteroatoms. The van der Waals surface area contributed by atoms with Gasteiger partial charge in [-0.05, 0) is 46.2 Å². The maximum absolute atomic E-state index is 3.62. The van der Waals surface area contributed by atoms with Crippen molar-refractivity contribution in [1.29, 1.82) is 0 Å². The van der Waals surface area contributed by atoms with E-state index in [1.54, 1.807) is 0 Å². The van der Waals surface area contributed by atoms with Crippen LogP contribution in [-0.2, 0) is 0 Å². The van der Waals surface area contributed by atoms with Crippen molar-refractivity contribution >= 4 is 0 Å². The van der Waals surface area contributed by atoms with Crippen LogP contribution in [0.25, 0.3) is 0 Å². The molecule has 1 N–H and O–H groups in total. The normalized spacial score (nSPS) is 15.2. The molecule has 0 fully saturated rings. The standard InChI is InChI=1S/C15H34N2/c1-6-9-11-17(12-10-7-2)15(5)13-16-14(4)8-3/h14-16H,6-13H2,1-5H3. The van der Waals surface area contributed by atoms with Crippen LogP contribution >= 0.6 is 0 Å². The van der Waals surface area contributed by atoms with E-state index in [9.17, 15) is 0 Å². The summed E-state index contributed by atoms with van der Waals surface area (Å²) in [6, 6.07) is 1.32. The highest BCUT2D eigenvalue weighted by Crippen LogP contribution is 2.05. The number of nitrogens with one attached hydrogen (secondary N) is 1. The van der Waals surface area contributed by atoms with Crippen LogP contribution in [0, 0.1) is 0 Å². The van der Waals surface area contributed by atoms with Gasteiger partial charge in [-0.15, -0.1) is 0 Å². The van der Waals surface area contributed by atoms with Gasteiger partial charge in [0.25, 0.3) is 0 Å². The Hall–Kier alpha value is -0.0800. The van der Waals surface area contributed by atoms with Crippen LogP contribution in [-0.4, -0.2) is 36.6 Å². The van der Waals surface area contributed by atoms with E-state index in [-0.39, 0.29) is 0 Å². The van der Waals surface area contributed by atoms with Crippen LogP contribution in [0.4, 0.5) is 0 Å². The Bertz CT molecular complexity index is 151. The lowest BCUT2D eigenvalue weighted by Gasteiger charge is -2.30. The van der Waals surface area contributed by atoms with Gasteiger partial charge in [0.1, 0.15) is 0 Å². The van der Waals surface area contributed by atoms with Crippen LogP contribution in [0.1, 0.15) is 66.7 Å². The van der Waals surface area contributed by atoms with E-state index in [0.717, 1.165) is 6.54 Å². The van der Waals surface area contributed by atoms with Gasteiger partial charge in [0.15, 0.2) is 0 Å². The molecule has 0 saturated heterocycles. The second-order valence-electron chi connectivity index (χ2n) is 5.31. The molecule has 0 saturated carbocycles. The summed E-state index contributed by atoms with van der Waals surface area (Å²) in [4.78, 5) is 2.66. The highest BCUT2D eigenvalue weighted by Gasteiger charge is 2.13.